The summed E-state index contributed by atoms with van der Waals surface area (Å²) in [5.74, 6) is -0.687. The molecular formula is C25H28N6O2. The molecule has 1 aliphatic heterocycles. The lowest BCUT2D eigenvalue weighted by Crippen LogP contribution is -2.52. The first kappa shape index (κ1) is 23.5. The van der Waals surface area contributed by atoms with E-state index in [4.69, 9.17) is 16.7 Å². The Morgan fingerprint density at radius 2 is 1.85 bits per heavy atom. The molecule has 2 aromatic carbocycles. The van der Waals surface area contributed by atoms with Crippen molar-refractivity contribution in [3.05, 3.63) is 76.4 Å². The van der Waals surface area contributed by atoms with Crippen LogP contribution in [0.2, 0.25) is 0 Å². The van der Waals surface area contributed by atoms with Crippen molar-refractivity contribution in [3.8, 4) is 6.07 Å². The van der Waals surface area contributed by atoms with Crippen LogP contribution >= 0.6 is 0 Å². The SMILES string of the molecule is Cc1cccc(C(N)=C(C(N)=O)C2=NCCN(C(=O)NC(C)(C)c3ccc(C#N)cc3)C2)c1. The number of aryl methyl sites for hydroxylation is 1. The molecule has 170 valence electrons. The molecule has 0 spiro atoms. The Kier molecular flexibility index (Phi) is 6.83. The zero-order valence-corrected chi connectivity index (χ0v) is 19.1. The minimum Gasteiger partial charge on any atom is -0.398 e. The topological polar surface area (TPSA) is 138 Å². The average molecular weight is 445 g/mol. The number of nitrogens with two attached hydrogens (primary N) is 2. The molecule has 1 aliphatic rings. The lowest BCUT2D eigenvalue weighted by atomic mass is 9.93. The number of carbonyl (C=O) groups excluding carboxylic acids is 2. The number of urea groups is 1. The summed E-state index contributed by atoms with van der Waals surface area (Å²) in [5.41, 5.74) is 15.2. The summed E-state index contributed by atoms with van der Waals surface area (Å²) >= 11 is 0. The minimum absolute atomic E-state index is 0.111. The predicted molar refractivity (Wildman–Crippen MR) is 128 cm³/mol. The van der Waals surface area contributed by atoms with E-state index in [9.17, 15) is 9.59 Å². The molecule has 0 radical (unpaired) electrons. The highest BCUT2D eigenvalue weighted by Gasteiger charge is 2.29. The first-order valence-corrected chi connectivity index (χ1v) is 10.6. The van der Waals surface area contributed by atoms with Gasteiger partial charge in [-0.15, -0.1) is 0 Å². The fourth-order valence-electron chi connectivity index (χ4n) is 3.71. The van der Waals surface area contributed by atoms with Gasteiger partial charge >= 0.3 is 6.03 Å². The Hall–Kier alpha value is -4.12. The number of aliphatic imine (C=N–C) groups is 1. The molecule has 8 heteroatoms. The number of amides is 3. The standard InChI is InChI=1S/C25H28N6O2/c1-16-5-4-6-18(13-16)22(27)21(23(28)32)20-15-31(12-11-29-20)24(33)30-25(2,3)19-9-7-17(14-26)8-10-19/h4-10,13H,11-12,15,27H2,1-3H3,(H2,28,32)(H,30,33). The maximum atomic E-state index is 13.1. The van der Waals surface area contributed by atoms with Crippen LogP contribution in [-0.2, 0) is 10.3 Å². The molecule has 5 N–H and O–H groups in total. The normalized spacial score (nSPS) is 14.6. The summed E-state index contributed by atoms with van der Waals surface area (Å²) in [7, 11) is 0. The lowest BCUT2D eigenvalue weighted by molar-refractivity contribution is -0.114. The summed E-state index contributed by atoms with van der Waals surface area (Å²) in [6.07, 6.45) is 0. The summed E-state index contributed by atoms with van der Waals surface area (Å²) in [5, 5.41) is 12.0. The van der Waals surface area contributed by atoms with Crippen molar-refractivity contribution in [2.45, 2.75) is 26.3 Å². The fourth-order valence-corrected chi connectivity index (χ4v) is 3.71. The fraction of sp³-hybridized carbons (Fsp3) is 0.280. The third-order valence-electron chi connectivity index (χ3n) is 5.59. The quantitative estimate of drug-likeness (QED) is 0.610. The van der Waals surface area contributed by atoms with Gasteiger partial charge in [0.2, 0.25) is 0 Å². The number of benzene rings is 2. The third-order valence-corrected chi connectivity index (χ3v) is 5.59. The summed E-state index contributed by atoms with van der Waals surface area (Å²) < 4.78 is 0. The van der Waals surface area contributed by atoms with E-state index < -0.39 is 11.4 Å². The van der Waals surface area contributed by atoms with Crippen molar-refractivity contribution in [3.63, 3.8) is 0 Å². The minimum atomic E-state index is -0.687. The molecule has 0 saturated carbocycles. The third kappa shape index (κ3) is 5.39. The monoisotopic (exact) mass is 444 g/mol. The van der Waals surface area contributed by atoms with Crippen LogP contribution < -0.4 is 16.8 Å². The molecule has 0 bridgehead atoms. The van der Waals surface area contributed by atoms with E-state index in [1.54, 1.807) is 23.1 Å². The summed E-state index contributed by atoms with van der Waals surface area (Å²) in [6, 6.07) is 16.3. The van der Waals surface area contributed by atoms with Crippen molar-refractivity contribution in [2.75, 3.05) is 19.6 Å². The van der Waals surface area contributed by atoms with Gasteiger partial charge in [0.05, 0.1) is 47.2 Å². The Bertz CT molecular complexity index is 1170. The zero-order valence-electron chi connectivity index (χ0n) is 19.1. The van der Waals surface area contributed by atoms with E-state index in [0.29, 0.717) is 29.9 Å². The van der Waals surface area contributed by atoms with Gasteiger partial charge in [0.1, 0.15) is 0 Å². The molecule has 0 saturated heterocycles. The van der Waals surface area contributed by atoms with Crippen LogP contribution in [0.1, 0.15) is 36.1 Å². The number of rotatable bonds is 5. The van der Waals surface area contributed by atoms with Gasteiger partial charge < -0.3 is 21.7 Å². The van der Waals surface area contributed by atoms with Gasteiger partial charge in [0.25, 0.3) is 5.91 Å². The van der Waals surface area contributed by atoms with E-state index in [0.717, 1.165) is 11.1 Å². The molecule has 0 aliphatic carbocycles. The molecule has 8 nitrogen and oxygen atoms in total. The van der Waals surface area contributed by atoms with Crippen molar-refractivity contribution in [1.82, 2.24) is 10.2 Å². The van der Waals surface area contributed by atoms with Crippen molar-refractivity contribution < 1.29 is 9.59 Å². The number of nitriles is 1. The Labute approximate surface area is 193 Å². The second-order valence-electron chi connectivity index (χ2n) is 8.52. The maximum Gasteiger partial charge on any atom is 0.318 e. The molecule has 3 rings (SSSR count). The van der Waals surface area contributed by atoms with E-state index >= 15 is 0 Å². The van der Waals surface area contributed by atoms with Crippen molar-refractivity contribution in [1.29, 1.82) is 5.26 Å². The second kappa shape index (κ2) is 9.57. The Morgan fingerprint density at radius 1 is 1.15 bits per heavy atom. The number of nitrogens with zero attached hydrogens (tertiary/aromatic N) is 3. The molecule has 33 heavy (non-hydrogen) atoms. The predicted octanol–water partition coefficient (Wildman–Crippen LogP) is 2.42. The molecule has 0 unspecified atom stereocenters. The van der Waals surface area contributed by atoms with Gasteiger partial charge in [-0.25, -0.2) is 4.79 Å². The number of nitrogens with one attached hydrogen (secondary N) is 1. The molecular weight excluding hydrogens is 416 g/mol. The molecule has 0 fully saturated rings. The van der Waals surface area contributed by atoms with Crippen LogP contribution in [0.25, 0.3) is 5.70 Å². The maximum absolute atomic E-state index is 13.1. The zero-order chi connectivity index (χ0) is 24.2. The van der Waals surface area contributed by atoms with Crippen molar-refractivity contribution in [2.24, 2.45) is 16.5 Å². The smallest absolute Gasteiger partial charge is 0.318 e. The Morgan fingerprint density at radius 3 is 2.45 bits per heavy atom. The largest absolute Gasteiger partial charge is 0.398 e. The van der Waals surface area contributed by atoms with Crippen LogP contribution in [0.3, 0.4) is 0 Å². The second-order valence-corrected chi connectivity index (χ2v) is 8.52. The van der Waals surface area contributed by atoms with E-state index in [-0.39, 0.29) is 23.8 Å². The average Bonchev–Trinajstić information content (AvgIpc) is 2.79. The van der Waals surface area contributed by atoms with Crippen LogP contribution in [0, 0.1) is 18.3 Å². The van der Waals surface area contributed by atoms with Crippen molar-refractivity contribution >= 4 is 23.3 Å². The molecule has 0 atom stereocenters. The highest BCUT2D eigenvalue weighted by atomic mass is 16.2. The number of hydrogen-bond donors (Lipinski definition) is 3. The molecule has 1 heterocycles. The summed E-state index contributed by atoms with van der Waals surface area (Å²) in [6.45, 7) is 6.54. The molecule has 2 aromatic rings. The van der Waals surface area contributed by atoms with E-state index in [2.05, 4.69) is 16.4 Å². The lowest BCUT2D eigenvalue weighted by Gasteiger charge is -2.33. The number of hydrogen-bond acceptors (Lipinski definition) is 5. The van der Waals surface area contributed by atoms with Gasteiger partial charge in [0.15, 0.2) is 0 Å². The van der Waals surface area contributed by atoms with E-state index in [1.165, 1.54) is 0 Å². The first-order valence-electron chi connectivity index (χ1n) is 10.6. The molecule has 0 aromatic heterocycles. The van der Waals surface area contributed by atoms with Crippen LogP contribution in [0.4, 0.5) is 4.79 Å². The van der Waals surface area contributed by atoms with Crippen LogP contribution in [0.15, 0.2) is 59.1 Å². The van der Waals surface area contributed by atoms with Gasteiger partial charge in [-0.3, -0.25) is 9.79 Å². The van der Waals surface area contributed by atoms with Gasteiger partial charge in [-0.2, -0.15) is 5.26 Å². The Balaban J connectivity index is 1.81. The summed E-state index contributed by atoms with van der Waals surface area (Å²) in [4.78, 5) is 31.4. The number of carbonyl (C=O) groups is 2. The number of primary amides is 1. The first-order chi connectivity index (χ1) is 15.6. The van der Waals surface area contributed by atoms with Gasteiger partial charge in [0, 0.05) is 6.54 Å². The van der Waals surface area contributed by atoms with E-state index in [1.807, 2.05) is 51.1 Å². The van der Waals surface area contributed by atoms with Crippen LogP contribution in [-0.4, -0.2) is 42.2 Å². The van der Waals surface area contributed by atoms with Gasteiger partial charge in [-0.1, -0.05) is 35.9 Å². The highest BCUT2D eigenvalue weighted by Crippen LogP contribution is 2.22. The van der Waals surface area contributed by atoms with Crippen LogP contribution in [0.5, 0.6) is 0 Å². The van der Waals surface area contributed by atoms with Gasteiger partial charge in [-0.05, 0) is 50.1 Å². The highest BCUT2D eigenvalue weighted by molar-refractivity contribution is 6.26. The molecule has 3 amide bonds.